The summed E-state index contributed by atoms with van der Waals surface area (Å²) in [7, 11) is 0. The summed E-state index contributed by atoms with van der Waals surface area (Å²) in [5, 5.41) is 11.8. The number of benzene rings is 2. The van der Waals surface area contributed by atoms with Gasteiger partial charge in [-0.1, -0.05) is 41.6 Å². The van der Waals surface area contributed by atoms with Gasteiger partial charge in [0.05, 0.1) is 24.2 Å². The Morgan fingerprint density at radius 3 is 2.63 bits per heavy atom. The average Bonchev–Trinajstić information content (AvgIpc) is 3.49. The van der Waals surface area contributed by atoms with E-state index in [0.29, 0.717) is 46.9 Å². The van der Waals surface area contributed by atoms with Gasteiger partial charge < -0.3 is 20.2 Å². The third-order valence-corrected chi connectivity index (χ3v) is 5.99. The minimum absolute atomic E-state index is 0.102. The lowest BCUT2D eigenvalue weighted by Gasteiger charge is -2.12. The number of anilines is 1. The van der Waals surface area contributed by atoms with Crippen LogP contribution < -0.4 is 15.8 Å². The molecule has 0 spiro atoms. The Morgan fingerprint density at radius 2 is 1.89 bits per heavy atom. The van der Waals surface area contributed by atoms with E-state index < -0.39 is 5.91 Å². The van der Waals surface area contributed by atoms with Crippen LogP contribution in [-0.2, 0) is 22.6 Å². The number of nitrogens with one attached hydrogen (secondary N) is 1. The molecule has 2 heterocycles. The average molecular weight is 492 g/mol. The number of aromatic nitrogens is 3. The van der Waals surface area contributed by atoms with Gasteiger partial charge in [-0.3, -0.25) is 14.2 Å². The SMILES string of the molecule is Cc1ccc(Oc2ccccc2NC(=O)CSc2nnc(CCC(N)=O)n2Cc2ccco2)cc1. The molecule has 0 aliphatic rings. The molecular formula is C25H25N5O4S. The van der Waals surface area contributed by atoms with Crippen molar-refractivity contribution in [1.82, 2.24) is 14.8 Å². The normalized spacial score (nSPS) is 10.8. The number of aryl methyl sites for hydroxylation is 2. The number of carbonyl (C=O) groups excluding carboxylic acids is 2. The Morgan fingerprint density at radius 1 is 1.09 bits per heavy atom. The van der Waals surface area contributed by atoms with Crippen LogP contribution in [0.2, 0.25) is 0 Å². The molecule has 4 rings (SSSR count). The van der Waals surface area contributed by atoms with Crippen molar-refractivity contribution >= 4 is 29.3 Å². The number of hydrogen-bond acceptors (Lipinski definition) is 7. The molecule has 0 aliphatic heterocycles. The highest BCUT2D eigenvalue weighted by Crippen LogP contribution is 2.30. The molecule has 0 radical (unpaired) electrons. The van der Waals surface area contributed by atoms with Crippen LogP contribution in [0, 0.1) is 6.92 Å². The number of thioether (sulfide) groups is 1. The summed E-state index contributed by atoms with van der Waals surface area (Å²) >= 11 is 1.24. The summed E-state index contributed by atoms with van der Waals surface area (Å²) in [4.78, 5) is 24.0. The lowest BCUT2D eigenvalue weighted by molar-refractivity contribution is -0.118. The van der Waals surface area contributed by atoms with Gasteiger partial charge in [-0.05, 0) is 43.3 Å². The van der Waals surface area contributed by atoms with Gasteiger partial charge in [-0.25, -0.2) is 0 Å². The Bertz CT molecular complexity index is 1290. The van der Waals surface area contributed by atoms with Crippen molar-refractivity contribution in [2.24, 2.45) is 5.73 Å². The van der Waals surface area contributed by atoms with E-state index in [-0.39, 0.29) is 18.1 Å². The van der Waals surface area contributed by atoms with E-state index in [1.54, 1.807) is 24.5 Å². The summed E-state index contributed by atoms with van der Waals surface area (Å²) in [6.45, 7) is 2.39. The number of amides is 2. The molecule has 0 fully saturated rings. The fourth-order valence-electron chi connectivity index (χ4n) is 3.27. The van der Waals surface area contributed by atoms with E-state index in [4.69, 9.17) is 14.9 Å². The predicted octanol–water partition coefficient (Wildman–Crippen LogP) is 4.17. The number of ether oxygens (including phenoxy) is 1. The van der Waals surface area contributed by atoms with E-state index in [9.17, 15) is 9.59 Å². The Hall–Kier alpha value is -4.05. The standard InChI is InChI=1S/C25H25N5O4S/c1-17-8-10-18(11-9-17)34-21-7-3-2-6-20(21)27-24(32)16-35-25-29-28-23(13-12-22(26)31)30(25)15-19-5-4-14-33-19/h2-11,14H,12-13,15-16H2,1H3,(H2,26,31)(H,27,32). The Balaban J connectivity index is 1.42. The molecule has 2 aromatic carbocycles. The molecule has 2 amide bonds. The van der Waals surface area contributed by atoms with Crippen molar-refractivity contribution in [3.63, 3.8) is 0 Å². The first kappa shape index (κ1) is 24.1. The number of furan rings is 1. The first-order chi connectivity index (χ1) is 17.0. The molecule has 3 N–H and O–H groups in total. The van der Waals surface area contributed by atoms with Gasteiger partial charge in [0.2, 0.25) is 11.8 Å². The molecular weight excluding hydrogens is 466 g/mol. The molecule has 0 atom stereocenters. The van der Waals surface area contributed by atoms with Crippen molar-refractivity contribution in [2.75, 3.05) is 11.1 Å². The summed E-state index contributed by atoms with van der Waals surface area (Å²) in [6.07, 6.45) is 2.08. The fraction of sp³-hybridized carbons (Fsp3) is 0.200. The molecule has 180 valence electrons. The Labute approximate surface area is 206 Å². The molecule has 4 aromatic rings. The van der Waals surface area contributed by atoms with Crippen LogP contribution in [0.25, 0.3) is 0 Å². The Kier molecular flexibility index (Phi) is 7.84. The lowest BCUT2D eigenvalue weighted by atomic mass is 10.2. The van der Waals surface area contributed by atoms with Crippen LogP contribution in [0.1, 0.15) is 23.6 Å². The van der Waals surface area contributed by atoms with Crippen LogP contribution in [0.15, 0.2) is 76.5 Å². The lowest BCUT2D eigenvalue weighted by Crippen LogP contribution is -2.16. The van der Waals surface area contributed by atoms with Gasteiger partial charge >= 0.3 is 0 Å². The van der Waals surface area contributed by atoms with Gasteiger partial charge in [-0.15, -0.1) is 10.2 Å². The van der Waals surface area contributed by atoms with E-state index in [1.807, 2.05) is 54.0 Å². The highest BCUT2D eigenvalue weighted by atomic mass is 32.2. The number of para-hydroxylation sites is 2. The molecule has 0 unspecified atom stereocenters. The molecule has 10 heteroatoms. The molecule has 0 saturated carbocycles. The second kappa shape index (κ2) is 11.4. The van der Waals surface area contributed by atoms with Crippen LogP contribution in [0.3, 0.4) is 0 Å². The van der Waals surface area contributed by atoms with E-state index >= 15 is 0 Å². The molecule has 2 aromatic heterocycles. The summed E-state index contributed by atoms with van der Waals surface area (Å²) < 4.78 is 13.2. The zero-order valence-electron chi connectivity index (χ0n) is 19.1. The topological polar surface area (TPSA) is 125 Å². The monoisotopic (exact) mass is 491 g/mol. The summed E-state index contributed by atoms with van der Waals surface area (Å²) in [5.41, 5.74) is 6.99. The quantitative estimate of drug-likeness (QED) is 0.302. The van der Waals surface area contributed by atoms with Gasteiger partial charge in [0, 0.05) is 12.8 Å². The first-order valence-electron chi connectivity index (χ1n) is 11.0. The van der Waals surface area contributed by atoms with Gasteiger partial charge in [0.25, 0.3) is 0 Å². The maximum absolute atomic E-state index is 12.8. The zero-order chi connectivity index (χ0) is 24.6. The number of nitrogens with two attached hydrogens (primary N) is 1. The van der Waals surface area contributed by atoms with Crippen molar-refractivity contribution in [3.05, 3.63) is 84.1 Å². The number of carbonyl (C=O) groups is 2. The number of hydrogen-bond donors (Lipinski definition) is 2. The summed E-state index contributed by atoms with van der Waals surface area (Å²) in [6, 6.07) is 18.6. The van der Waals surface area contributed by atoms with E-state index in [2.05, 4.69) is 15.5 Å². The third kappa shape index (κ3) is 6.73. The number of nitrogens with zero attached hydrogens (tertiary/aromatic N) is 3. The van der Waals surface area contributed by atoms with E-state index in [0.717, 1.165) is 5.56 Å². The molecule has 35 heavy (non-hydrogen) atoms. The van der Waals surface area contributed by atoms with Crippen LogP contribution in [0.4, 0.5) is 5.69 Å². The number of primary amides is 1. The second-order valence-electron chi connectivity index (χ2n) is 7.78. The molecule has 0 bridgehead atoms. The summed E-state index contributed by atoms with van der Waals surface area (Å²) in [5.74, 6) is 1.99. The molecule has 9 nitrogen and oxygen atoms in total. The smallest absolute Gasteiger partial charge is 0.234 e. The predicted molar refractivity (Wildman–Crippen MR) is 132 cm³/mol. The van der Waals surface area contributed by atoms with E-state index in [1.165, 1.54) is 11.8 Å². The molecule has 0 aliphatic carbocycles. The minimum Gasteiger partial charge on any atom is -0.467 e. The number of rotatable bonds is 11. The first-order valence-corrected chi connectivity index (χ1v) is 12.0. The van der Waals surface area contributed by atoms with Gasteiger partial charge in [-0.2, -0.15) is 0 Å². The van der Waals surface area contributed by atoms with Gasteiger partial charge in [0.15, 0.2) is 10.9 Å². The van der Waals surface area contributed by atoms with Crippen molar-refractivity contribution in [3.8, 4) is 11.5 Å². The zero-order valence-corrected chi connectivity index (χ0v) is 20.0. The maximum atomic E-state index is 12.8. The maximum Gasteiger partial charge on any atom is 0.234 e. The highest BCUT2D eigenvalue weighted by molar-refractivity contribution is 7.99. The van der Waals surface area contributed by atoms with Crippen molar-refractivity contribution in [1.29, 1.82) is 0 Å². The van der Waals surface area contributed by atoms with Gasteiger partial charge in [0.1, 0.15) is 17.3 Å². The second-order valence-corrected chi connectivity index (χ2v) is 8.72. The highest BCUT2D eigenvalue weighted by Gasteiger charge is 2.17. The fourth-order valence-corrected chi connectivity index (χ4v) is 4.03. The minimum atomic E-state index is -0.419. The molecule has 0 saturated heterocycles. The van der Waals surface area contributed by atoms with Crippen LogP contribution in [0.5, 0.6) is 11.5 Å². The third-order valence-electron chi connectivity index (χ3n) is 5.02. The largest absolute Gasteiger partial charge is 0.467 e. The van der Waals surface area contributed by atoms with Crippen LogP contribution >= 0.6 is 11.8 Å². The van der Waals surface area contributed by atoms with Crippen LogP contribution in [-0.4, -0.2) is 32.3 Å². The van der Waals surface area contributed by atoms with Crippen molar-refractivity contribution in [2.45, 2.75) is 31.5 Å². The van der Waals surface area contributed by atoms with Crippen molar-refractivity contribution < 1.29 is 18.7 Å².